The molecule has 0 spiro atoms. The van der Waals surface area contributed by atoms with E-state index in [0.29, 0.717) is 0 Å². The number of nitrogens with zero attached hydrogens (tertiary/aromatic N) is 3. The fourth-order valence-electron chi connectivity index (χ4n) is 0.542. The highest BCUT2D eigenvalue weighted by Gasteiger charge is 1.88. The van der Waals surface area contributed by atoms with E-state index in [1.165, 1.54) is 0 Å². The first kappa shape index (κ1) is 8.44. The molecule has 0 saturated carbocycles. The van der Waals surface area contributed by atoms with Gasteiger partial charge >= 0.3 is 0 Å². The summed E-state index contributed by atoms with van der Waals surface area (Å²) in [5.74, 6) is 0. The second-order valence-electron chi connectivity index (χ2n) is 1.83. The van der Waals surface area contributed by atoms with Gasteiger partial charge in [-0.05, 0) is 12.5 Å². The van der Waals surface area contributed by atoms with E-state index >= 15 is 0 Å². The zero-order chi connectivity index (χ0) is 7.56. The first-order valence-electron chi connectivity index (χ1n) is 2.60. The quantitative estimate of drug-likeness (QED) is 0.647. The van der Waals surface area contributed by atoms with E-state index in [2.05, 4.69) is 31.1 Å². The molecule has 0 unspecified atom stereocenters. The fraction of sp³-hybridized carbons (Fsp3) is 0.200. The first-order valence-corrected chi connectivity index (χ1v) is 4.53. The Bertz CT molecular complexity index is 291. The Morgan fingerprint density at radius 2 is 2.40 bits per heavy atom. The molecule has 0 aromatic carbocycles. The lowest BCUT2D eigenvalue weighted by Gasteiger charge is -1.94. The van der Waals surface area contributed by atoms with Crippen molar-refractivity contribution in [1.29, 1.82) is 0 Å². The minimum Gasteiger partial charge on any atom is -0.257 e. The summed E-state index contributed by atoms with van der Waals surface area (Å²) in [6.45, 7) is 2.00. The van der Waals surface area contributed by atoms with Crippen molar-refractivity contribution in [1.82, 2.24) is 7.76 Å². The molecule has 0 aliphatic heterocycles. The van der Waals surface area contributed by atoms with Gasteiger partial charge in [-0.25, -0.2) is 4.98 Å². The average Bonchev–Trinajstić information content (AvgIpc) is 1.88. The lowest BCUT2D eigenvalue weighted by atomic mass is 10.4. The Morgan fingerprint density at radius 1 is 1.70 bits per heavy atom. The lowest BCUT2D eigenvalue weighted by molar-refractivity contribution is 0.999. The molecule has 5 heteroatoms. The molecule has 1 heterocycles. The molecular weight excluding hydrogens is 356 g/mol. The molecule has 54 valence electrons. The molecule has 0 aliphatic carbocycles. The Labute approximate surface area is 86.6 Å². The van der Waals surface area contributed by atoms with Gasteiger partial charge in [-0.15, -0.1) is 0 Å². The van der Waals surface area contributed by atoms with Gasteiger partial charge in [0.25, 0.3) is 0 Å². The molecule has 0 amide bonds. The van der Waals surface area contributed by atoms with Crippen LogP contribution >= 0.6 is 45.7 Å². The average molecular weight is 361 g/mol. The minimum atomic E-state index is 0.729. The molecule has 1 rings (SSSR count). The monoisotopic (exact) mass is 361 g/mol. The van der Waals surface area contributed by atoms with Gasteiger partial charge in [-0.1, -0.05) is 0 Å². The summed E-state index contributed by atoms with van der Waals surface area (Å²) < 4.78 is 5.79. The maximum absolute atomic E-state index is 4.08. The molecule has 1 aromatic rings. The second-order valence-corrected chi connectivity index (χ2v) is 3.35. The Kier molecular flexibility index (Phi) is 3.08. The number of halogens is 2. The zero-order valence-corrected chi connectivity index (χ0v) is 9.57. The number of rotatable bonds is 0. The number of aryl methyl sites for hydroxylation is 1. The molecule has 0 bridgehead atoms. The van der Waals surface area contributed by atoms with E-state index in [9.17, 15) is 0 Å². The largest absolute Gasteiger partial charge is 0.257 e. The third kappa shape index (κ3) is 1.91. The molecule has 10 heavy (non-hydrogen) atoms. The minimum absolute atomic E-state index is 0.729. The molecule has 1 aromatic heterocycles. The SMILES string of the molecule is Cc1cnc(=NI)n(I)c1. The summed E-state index contributed by atoms with van der Waals surface area (Å²) in [4.78, 5) is 4.08. The predicted octanol–water partition coefficient (Wildman–Crippen LogP) is 1.64. The fourth-order valence-corrected chi connectivity index (χ4v) is 1.98. The van der Waals surface area contributed by atoms with E-state index in [1.807, 2.05) is 38.8 Å². The van der Waals surface area contributed by atoms with Gasteiger partial charge in [0.15, 0.2) is 0 Å². The summed E-state index contributed by atoms with van der Waals surface area (Å²) in [5, 5.41) is 0. The van der Waals surface area contributed by atoms with Crippen molar-refractivity contribution in [3.8, 4) is 0 Å². The van der Waals surface area contributed by atoms with Gasteiger partial charge in [-0.3, -0.25) is 2.78 Å². The van der Waals surface area contributed by atoms with Gasteiger partial charge in [0.1, 0.15) is 0 Å². The van der Waals surface area contributed by atoms with Gasteiger partial charge in [0, 0.05) is 12.4 Å². The van der Waals surface area contributed by atoms with Crippen LogP contribution in [0.4, 0.5) is 0 Å². The first-order chi connectivity index (χ1) is 4.74. The van der Waals surface area contributed by atoms with Gasteiger partial charge in [-0.2, -0.15) is 3.21 Å². The Balaban J connectivity index is 3.34. The van der Waals surface area contributed by atoms with Crippen molar-refractivity contribution >= 4 is 45.7 Å². The zero-order valence-electron chi connectivity index (χ0n) is 5.25. The van der Waals surface area contributed by atoms with E-state index < -0.39 is 0 Å². The standard InChI is InChI=1S/C5H5I2N3/c1-4-2-8-5(9-6)10(7)3-4/h2-3H,1H3. The Morgan fingerprint density at radius 3 is 2.90 bits per heavy atom. The van der Waals surface area contributed by atoms with Crippen LogP contribution in [0.3, 0.4) is 0 Å². The maximum Gasteiger partial charge on any atom is 0.244 e. The molecule has 0 atom stereocenters. The second kappa shape index (κ2) is 3.65. The van der Waals surface area contributed by atoms with Gasteiger partial charge < -0.3 is 0 Å². The molecule has 3 nitrogen and oxygen atoms in total. The van der Waals surface area contributed by atoms with Crippen LogP contribution in [0.1, 0.15) is 5.56 Å². The highest BCUT2D eigenvalue weighted by Crippen LogP contribution is 1.93. The van der Waals surface area contributed by atoms with Crippen LogP contribution in [0, 0.1) is 6.92 Å². The molecule has 0 aliphatic rings. The van der Waals surface area contributed by atoms with Crippen LogP contribution in [0.5, 0.6) is 0 Å². The van der Waals surface area contributed by atoms with Crippen molar-refractivity contribution in [2.45, 2.75) is 6.92 Å². The highest BCUT2D eigenvalue weighted by atomic mass is 127. The number of hydrogen-bond donors (Lipinski definition) is 0. The van der Waals surface area contributed by atoms with Crippen LogP contribution < -0.4 is 5.62 Å². The molecule has 0 fully saturated rings. The third-order valence-corrected chi connectivity index (χ3v) is 2.11. The lowest BCUT2D eigenvalue weighted by Crippen LogP contribution is -2.15. The smallest absolute Gasteiger partial charge is 0.244 e. The topological polar surface area (TPSA) is 30.2 Å². The maximum atomic E-state index is 4.08. The van der Waals surface area contributed by atoms with Gasteiger partial charge in [0.2, 0.25) is 5.62 Å². The van der Waals surface area contributed by atoms with Crippen LogP contribution in [-0.2, 0) is 0 Å². The summed E-state index contributed by atoms with van der Waals surface area (Å²) in [6, 6.07) is 0. The van der Waals surface area contributed by atoms with E-state index in [4.69, 9.17) is 0 Å². The van der Waals surface area contributed by atoms with E-state index in [0.717, 1.165) is 11.2 Å². The number of aromatic nitrogens is 2. The summed E-state index contributed by atoms with van der Waals surface area (Å²) >= 11 is 4.07. The van der Waals surface area contributed by atoms with Crippen molar-refractivity contribution in [2.24, 2.45) is 3.21 Å². The molecule has 0 N–H and O–H groups in total. The summed E-state index contributed by atoms with van der Waals surface area (Å²) in [5.41, 5.74) is 1.87. The van der Waals surface area contributed by atoms with Crippen molar-refractivity contribution in [2.75, 3.05) is 0 Å². The van der Waals surface area contributed by atoms with Crippen LogP contribution in [0.25, 0.3) is 0 Å². The van der Waals surface area contributed by atoms with E-state index in [1.54, 1.807) is 6.20 Å². The Hall–Kier alpha value is 0.340. The molecule has 0 radical (unpaired) electrons. The predicted molar refractivity (Wildman–Crippen MR) is 56.0 cm³/mol. The molecule has 0 saturated heterocycles. The molecular formula is C5H5I2N3. The van der Waals surface area contributed by atoms with Crippen LogP contribution in [0.15, 0.2) is 15.6 Å². The van der Waals surface area contributed by atoms with Crippen molar-refractivity contribution < 1.29 is 0 Å². The van der Waals surface area contributed by atoms with Crippen molar-refractivity contribution in [3.05, 3.63) is 23.6 Å². The summed E-state index contributed by atoms with van der Waals surface area (Å²) in [7, 11) is 0. The third-order valence-electron chi connectivity index (χ3n) is 0.967. The van der Waals surface area contributed by atoms with Crippen LogP contribution in [-0.4, -0.2) is 7.76 Å². The van der Waals surface area contributed by atoms with Gasteiger partial charge in [0.05, 0.1) is 45.7 Å². The highest BCUT2D eigenvalue weighted by molar-refractivity contribution is 14.1. The normalized spacial score (nSPS) is 12.1. The van der Waals surface area contributed by atoms with E-state index in [-0.39, 0.29) is 0 Å². The van der Waals surface area contributed by atoms with Crippen LogP contribution in [0.2, 0.25) is 0 Å². The number of hydrogen-bond acceptors (Lipinski definition) is 2. The van der Waals surface area contributed by atoms with Crippen molar-refractivity contribution in [3.63, 3.8) is 0 Å². The summed E-state index contributed by atoms with van der Waals surface area (Å²) in [6.07, 6.45) is 3.78.